The standard InChI is InChI=1S/C21H19F2N3O3/c1-28-18-4-2-3-16(20(18)29-21(22)23)7-10-19(27)25-13-15-5-8-17(9-6-15)26-12-11-24-14-26/h2-12,14,21H,13H2,1H3,(H,25,27)/b10-7+. The Morgan fingerprint density at radius 2 is 2.03 bits per heavy atom. The van der Waals surface area contributed by atoms with Crippen molar-refractivity contribution in [2.75, 3.05) is 7.11 Å². The van der Waals surface area contributed by atoms with Gasteiger partial charge in [0.25, 0.3) is 0 Å². The van der Waals surface area contributed by atoms with Crippen LogP contribution >= 0.6 is 0 Å². The molecule has 3 aromatic rings. The maximum atomic E-state index is 12.7. The van der Waals surface area contributed by atoms with Crippen LogP contribution in [0.15, 0.2) is 67.3 Å². The first-order chi connectivity index (χ1) is 14.1. The number of nitrogens with one attached hydrogen (secondary N) is 1. The molecule has 6 nitrogen and oxygen atoms in total. The lowest BCUT2D eigenvalue weighted by Crippen LogP contribution is -2.20. The molecule has 0 unspecified atom stereocenters. The van der Waals surface area contributed by atoms with Gasteiger partial charge < -0.3 is 19.4 Å². The monoisotopic (exact) mass is 399 g/mol. The summed E-state index contributed by atoms with van der Waals surface area (Å²) in [6, 6.07) is 12.3. The number of alkyl halides is 2. The molecule has 0 aliphatic rings. The summed E-state index contributed by atoms with van der Waals surface area (Å²) in [5, 5.41) is 2.75. The lowest BCUT2D eigenvalue weighted by atomic mass is 10.1. The van der Waals surface area contributed by atoms with E-state index in [1.54, 1.807) is 24.7 Å². The van der Waals surface area contributed by atoms with Crippen LogP contribution in [-0.4, -0.2) is 29.2 Å². The van der Waals surface area contributed by atoms with Crippen molar-refractivity contribution in [3.8, 4) is 17.2 Å². The number of methoxy groups -OCH3 is 1. The van der Waals surface area contributed by atoms with E-state index in [1.165, 1.54) is 25.3 Å². The van der Waals surface area contributed by atoms with Crippen LogP contribution in [0.1, 0.15) is 11.1 Å². The first-order valence-corrected chi connectivity index (χ1v) is 8.72. The minimum absolute atomic E-state index is 0.121. The van der Waals surface area contributed by atoms with Crippen LogP contribution in [0.2, 0.25) is 0 Å². The van der Waals surface area contributed by atoms with Gasteiger partial charge in [0.2, 0.25) is 5.91 Å². The molecule has 0 aliphatic carbocycles. The van der Waals surface area contributed by atoms with Gasteiger partial charge >= 0.3 is 6.61 Å². The first kappa shape index (κ1) is 20.1. The summed E-state index contributed by atoms with van der Waals surface area (Å²) >= 11 is 0. The van der Waals surface area contributed by atoms with Crippen LogP contribution in [-0.2, 0) is 11.3 Å². The summed E-state index contributed by atoms with van der Waals surface area (Å²) in [6.45, 7) is -2.68. The molecular weight excluding hydrogens is 380 g/mol. The quantitative estimate of drug-likeness (QED) is 0.585. The van der Waals surface area contributed by atoms with Gasteiger partial charge in [-0.05, 0) is 29.8 Å². The maximum Gasteiger partial charge on any atom is 0.387 e. The van der Waals surface area contributed by atoms with Crippen molar-refractivity contribution in [1.29, 1.82) is 0 Å². The highest BCUT2D eigenvalue weighted by molar-refractivity contribution is 5.92. The van der Waals surface area contributed by atoms with Crippen molar-refractivity contribution >= 4 is 12.0 Å². The van der Waals surface area contributed by atoms with E-state index in [1.807, 2.05) is 35.0 Å². The summed E-state index contributed by atoms with van der Waals surface area (Å²) in [4.78, 5) is 16.1. The van der Waals surface area contributed by atoms with Gasteiger partial charge in [-0.3, -0.25) is 4.79 Å². The van der Waals surface area contributed by atoms with E-state index in [2.05, 4.69) is 15.0 Å². The number of aromatic nitrogens is 2. The van der Waals surface area contributed by atoms with Gasteiger partial charge in [-0.25, -0.2) is 4.98 Å². The van der Waals surface area contributed by atoms with Crippen LogP contribution in [0.25, 0.3) is 11.8 Å². The summed E-state index contributed by atoms with van der Waals surface area (Å²) in [6.07, 6.45) is 7.89. The summed E-state index contributed by atoms with van der Waals surface area (Å²) in [5.74, 6) is -0.329. The van der Waals surface area contributed by atoms with Crippen molar-refractivity contribution < 1.29 is 23.0 Å². The third-order valence-corrected chi connectivity index (χ3v) is 4.06. The van der Waals surface area contributed by atoms with E-state index in [4.69, 9.17) is 4.74 Å². The molecular formula is C21H19F2N3O3. The second-order valence-electron chi connectivity index (χ2n) is 5.94. The average molecular weight is 399 g/mol. The smallest absolute Gasteiger partial charge is 0.387 e. The third kappa shape index (κ3) is 5.41. The molecule has 0 radical (unpaired) electrons. The highest BCUT2D eigenvalue weighted by atomic mass is 19.3. The van der Waals surface area contributed by atoms with E-state index in [9.17, 15) is 13.6 Å². The fraction of sp³-hybridized carbons (Fsp3) is 0.143. The average Bonchev–Trinajstić information content (AvgIpc) is 3.26. The molecule has 1 N–H and O–H groups in total. The molecule has 150 valence electrons. The maximum absolute atomic E-state index is 12.7. The Morgan fingerprint density at radius 3 is 2.69 bits per heavy atom. The number of rotatable bonds is 8. The molecule has 0 saturated heterocycles. The lowest BCUT2D eigenvalue weighted by Gasteiger charge is -2.12. The van der Waals surface area contributed by atoms with E-state index in [0.29, 0.717) is 12.1 Å². The predicted molar refractivity (Wildman–Crippen MR) is 104 cm³/mol. The Kier molecular flexibility index (Phi) is 6.57. The minimum atomic E-state index is -3.00. The van der Waals surface area contributed by atoms with Gasteiger partial charge in [-0.1, -0.05) is 24.3 Å². The number of imidazole rings is 1. The van der Waals surface area contributed by atoms with Gasteiger partial charge in [0.1, 0.15) is 0 Å². The zero-order valence-electron chi connectivity index (χ0n) is 15.6. The van der Waals surface area contributed by atoms with Crippen molar-refractivity contribution in [1.82, 2.24) is 14.9 Å². The van der Waals surface area contributed by atoms with E-state index >= 15 is 0 Å². The Morgan fingerprint density at radius 1 is 1.24 bits per heavy atom. The molecule has 3 rings (SSSR count). The number of carbonyl (C=O) groups is 1. The fourth-order valence-corrected chi connectivity index (χ4v) is 2.65. The highest BCUT2D eigenvalue weighted by Gasteiger charge is 2.14. The number of halogens is 2. The lowest BCUT2D eigenvalue weighted by molar-refractivity contribution is -0.116. The number of amides is 1. The number of nitrogens with zero attached hydrogens (tertiary/aromatic N) is 2. The van der Waals surface area contributed by atoms with Gasteiger partial charge in [-0.15, -0.1) is 0 Å². The van der Waals surface area contributed by atoms with Gasteiger partial charge in [0, 0.05) is 36.3 Å². The van der Waals surface area contributed by atoms with Gasteiger partial charge in [-0.2, -0.15) is 8.78 Å². The van der Waals surface area contributed by atoms with Crippen molar-refractivity contribution in [3.05, 3.63) is 78.4 Å². The summed E-state index contributed by atoms with van der Waals surface area (Å²) < 4.78 is 36.7. The zero-order valence-corrected chi connectivity index (χ0v) is 15.6. The normalized spacial score (nSPS) is 11.0. The van der Waals surface area contributed by atoms with E-state index in [-0.39, 0.29) is 17.4 Å². The first-order valence-electron chi connectivity index (χ1n) is 8.72. The second-order valence-corrected chi connectivity index (χ2v) is 5.94. The molecule has 0 atom stereocenters. The Labute approximate surface area is 166 Å². The zero-order chi connectivity index (χ0) is 20.6. The minimum Gasteiger partial charge on any atom is -0.493 e. The van der Waals surface area contributed by atoms with Crippen molar-refractivity contribution in [2.45, 2.75) is 13.2 Å². The van der Waals surface area contributed by atoms with Crippen molar-refractivity contribution in [2.24, 2.45) is 0 Å². The van der Waals surface area contributed by atoms with Crippen LogP contribution < -0.4 is 14.8 Å². The topological polar surface area (TPSA) is 65.4 Å². The van der Waals surface area contributed by atoms with Crippen LogP contribution in [0.5, 0.6) is 11.5 Å². The molecule has 0 fully saturated rings. The SMILES string of the molecule is COc1cccc(/C=C/C(=O)NCc2ccc(-n3ccnc3)cc2)c1OC(F)F. The molecule has 1 aromatic heterocycles. The van der Waals surface area contributed by atoms with Crippen molar-refractivity contribution in [3.63, 3.8) is 0 Å². The highest BCUT2D eigenvalue weighted by Crippen LogP contribution is 2.33. The Hall–Kier alpha value is -3.68. The van der Waals surface area contributed by atoms with Gasteiger partial charge in [0.15, 0.2) is 11.5 Å². The van der Waals surface area contributed by atoms with Crippen LogP contribution in [0.3, 0.4) is 0 Å². The largest absolute Gasteiger partial charge is 0.493 e. The van der Waals surface area contributed by atoms with Crippen LogP contribution in [0, 0.1) is 0 Å². The van der Waals surface area contributed by atoms with Gasteiger partial charge in [0.05, 0.1) is 13.4 Å². The number of hydrogen-bond acceptors (Lipinski definition) is 4. The summed E-state index contributed by atoms with van der Waals surface area (Å²) in [5.41, 5.74) is 2.19. The molecule has 0 aliphatic heterocycles. The Bertz CT molecular complexity index is 971. The number of ether oxygens (including phenoxy) is 2. The number of para-hydroxylation sites is 1. The van der Waals surface area contributed by atoms with E-state index in [0.717, 1.165) is 11.3 Å². The molecule has 1 amide bonds. The molecule has 0 bridgehead atoms. The molecule has 29 heavy (non-hydrogen) atoms. The number of carbonyl (C=O) groups excluding carboxylic acids is 1. The molecule has 8 heteroatoms. The molecule has 2 aromatic carbocycles. The molecule has 0 spiro atoms. The number of benzene rings is 2. The second kappa shape index (κ2) is 9.50. The van der Waals surface area contributed by atoms with E-state index < -0.39 is 6.61 Å². The number of hydrogen-bond donors (Lipinski definition) is 1. The molecule has 1 heterocycles. The fourth-order valence-electron chi connectivity index (χ4n) is 2.65. The molecule has 0 saturated carbocycles. The predicted octanol–water partition coefficient (Wildman–Crippen LogP) is 3.81. The third-order valence-electron chi connectivity index (χ3n) is 4.06. The summed E-state index contributed by atoms with van der Waals surface area (Å²) in [7, 11) is 1.35. The Balaban J connectivity index is 1.61. The van der Waals surface area contributed by atoms with Crippen LogP contribution in [0.4, 0.5) is 8.78 Å².